The lowest BCUT2D eigenvalue weighted by atomic mass is 9.88. The highest BCUT2D eigenvalue weighted by Gasteiger charge is 2.21. The van der Waals surface area contributed by atoms with Crippen molar-refractivity contribution in [3.05, 3.63) is 35.6 Å². The third kappa shape index (κ3) is 2.80. The van der Waals surface area contributed by atoms with Crippen LogP contribution in [0.5, 0.6) is 0 Å². The first-order chi connectivity index (χ1) is 7.77. The van der Waals surface area contributed by atoms with Crippen LogP contribution in [0.3, 0.4) is 0 Å². The second kappa shape index (κ2) is 5.41. The summed E-state index contributed by atoms with van der Waals surface area (Å²) in [4.78, 5) is 0. The first-order valence-corrected chi connectivity index (χ1v) is 5.84. The van der Waals surface area contributed by atoms with Crippen LogP contribution in [0, 0.1) is 11.7 Å². The molecule has 0 amide bonds. The van der Waals surface area contributed by atoms with Gasteiger partial charge in [0, 0.05) is 19.3 Å². The molecule has 1 atom stereocenters. The van der Waals surface area contributed by atoms with E-state index in [-0.39, 0.29) is 11.9 Å². The average Bonchev–Trinajstić information content (AvgIpc) is 2.33. The van der Waals surface area contributed by atoms with Gasteiger partial charge in [0.2, 0.25) is 0 Å². The van der Waals surface area contributed by atoms with Gasteiger partial charge in [-0.25, -0.2) is 4.39 Å². The highest BCUT2D eigenvalue weighted by atomic mass is 19.1. The second-order valence-electron chi connectivity index (χ2n) is 4.41. The molecule has 0 aromatic heterocycles. The zero-order chi connectivity index (χ0) is 11.4. The van der Waals surface area contributed by atoms with Crippen LogP contribution in [0.1, 0.15) is 18.4 Å². The normalized spacial score (nSPS) is 19.6. The number of halogens is 1. The van der Waals surface area contributed by atoms with Crippen molar-refractivity contribution in [2.24, 2.45) is 11.7 Å². The van der Waals surface area contributed by atoms with Crippen molar-refractivity contribution in [1.82, 2.24) is 0 Å². The molecular formula is C13H18FNO. The van der Waals surface area contributed by atoms with Crippen LogP contribution in [0.25, 0.3) is 0 Å². The standard InChI is InChI=1S/C13H18FNO/c14-12-4-2-1-3-11(12)9-13(15)10-5-7-16-8-6-10/h1-4,10,13H,5-9,15H2. The number of ether oxygens (including phenoxy) is 1. The van der Waals surface area contributed by atoms with E-state index in [0.717, 1.165) is 31.6 Å². The van der Waals surface area contributed by atoms with Crippen LogP contribution in [0.2, 0.25) is 0 Å². The minimum Gasteiger partial charge on any atom is -0.381 e. The minimum atomic E-state index is -0.148. The predicted octanol–water partition coefficient (Wildman–Crippen LogP) is 2.12. The van der Waals surface area contributed by atoms with Crippen molar-refractivity contribution in [2.45, 2.75) is 25.3 Å². The molecule has 16 heavy (non-hydrogen) atoms. The fraction of sp³-hybridized carbons (Fsp3) is 0.538. The maximum atomic E-state index is 13.4. The highest BCUT2D eigenvalue weighted by molar-refractivity contribution is 5.18. The van der Waals surface area contributed by atoms with E-state index in [1.165, 1.54) is 6.07 Å². The SMILES string of the molecule is NC(Cc1ccccc1F)C1CCOCC1. The zero-order valence-corrected chi connectivity index (χ0v) is 9.36. The monoisotopic (exact) mass is 223 g/mol. The molecule has 0 aliphatic carbocycles. The van der Waals surface area contributed by atoms with Crippen LogP contribution >= 0.6 is 0 Å². The van der Waals surface area contributed by atoms with Gasteiger partial charge in [-0.15, -0.1) is 0 Å². The molecular weight excluding hydrogens is 205 g/mol. The van der Waals surface area contributed by atoms with E-state index < -0.39 is 0 Å². The van der Waals surface area contributed by atoms with Crippen LogP contribution in [-0.2, 0) is 11.2 Å². The number of benzene rings is 1. The third-order valence-electron chi connectivity index (χ3n) is 3.28. The summed E-state index contributed by atoms with van der Waals surface area (Å²) in [5.74, 6) is 0.318. The van der Waals surface area contributed by atoms with Gasteiger partial charge in [-0.2, -0.15) is 0 Å². The summed E-state index contributed by atoms with van der Waals surface area (Å²) in [5, 5.41) is 0. The Hall–Kier alpha value is -0.930. The average molecular weight is 223 g/mol. The highest BCUT2D eigenvalue weighted by Crippen LogP contribution is 2.20. The quantitative estimate of drug-likeness (QED) is 0.852. The van der Waals surface area contributed by atoms with E-state index in [0.29, 0.717) is 12.3 Å². The zero-order valence-electron chi connectivity index (χ0n) is 9.36. The van der Waals surface area contributed by atoms with Gasteiger partial charge in [-0.3, -0.25) is 0 Å². The van der Waals surface area contributed by atoms with Gasteiger partial charge < -0.3 is 10.5 Å². The van der Waals surface area contributed by atoms with Crippen molar-refractivity contribution >= 4 is 0 Å². The maximum absolute atomic E-state index is 13.4. The lowest BCUT2D eigenvalue weighted by Gasteiger charge is -2.27. The summed E-state index contributed by atoms with van der Waals surface area (Å²) in [7, 11) is 0. The van der Waals surface area contributed by atoms with Crippen molar-refractivity contribution < 1.29 is 9.13 Å². The summed E-state index contributed by atoms with van der Waals surface area (Å²) >= 11 is 0. The van der Waals surface area contributed by atoms with Gasteiger partial charge in [0.25, 0.3) is 0 Å². The molecule has 1 fully saturated rings. The summed E-state index contributed by atoms with van der Waals surface area (Å²) in [5.41, 5.74) is 6.85. The maximum Gasteiger partial charge on any atom is 0.126 e. The van der Waals surface area contributed by atoms with Crippen LogP contribution in [0.4, 0.5) is 4.39 Å². The number of rotatable bonds is 3. The van der Waals surface area contributed by atoms with Crippen molar-refractivity contribution in [3.63, 3.8) is 0 Å². The van der Waals surface area contributed by atoms with Crippen molar-refractivity contribution in [3.8, 4) is 0 Å². The Morgan fingerprint density at radius 1 is 1.31 bits per heavy atom. The Kier molecular flexibility index (Phi) is 3.91. The summed E-state index contributed by atoms with van der Waals surface area (Å²) in [6.07, 6.45) is 2.61. The van der Waals surface area contributed by atoms with E-state index >= 15 is 0 Å². The van der Waals surface area contributed by atoms with E-state index in [1.807, 2.05) is 12.1 Å². The molecule has 0 spiro atoms. The third-order valence-corrected chi connectivity index (χ3v) is 3.28. The predicted molar refractivity (Wildman–Crippen MR) is 61.6 cm³/mol. The first-order valence-electron chi connectivity index (χ1n) is 5.84. The Balaban J connectivity index is 1.96. The Labute approximate surface area is 95.6 Å². The molecule has 2 rings (SSSR count). The molecule has 2 N–H and O–H groups in total. The first kappa shape index (κ1) is 11.6. The van der Waals surface area contributed by atoms with E-state index in [2.05, 4.69) is 0 Å². The topological polar surface area (TPSA) is 35.2 Å². The molecule has 1 aliphatic heterocycles. The smallest absolute Gasteiger partial charge is 0.126 e. The van der Waals surface area contributed by atoms with Gasteiger partial charge in [-0.05, 0) is 36.8 Å². The van der Waals surface area contributed by atoms with Crippen LogP contribution in [0.15, 0.2) is 24.3 Å². The van der Waals surface area contributed by atoms with Gasteiger partial charge >= 0.3 is 0 Å². The summed E-state index contributed by atoms with van der Waals surface area (Å²) < 4.78 is 18.7. The molecule has 3 heteroatoms. The molecule has 1 aliphatic rings. The summed E-state index contributed by atoms with van der Waals surface area (Å²) in [6.45, 7) is 1.57. The van der Waals surface area contributed by atoms with Crippen LogP contribution in [-0.4, -0.2) is 19.3 Å². The Bertz CT molecular complexity index is 336. The molecule has 0 saturated carbocycles. The van der Waals surface area contributed by atoms with Gasteiger partial charge in [-0.1, -0.05) is 18.2 Å². The molecule has 1 saturated heterocycles. The van der Waals surface area contributed by atoms with E-state index in [9.17, 15) is 4.39 Å². The molecule has 1 unspecified atom stereocenters. The van der Waals surface area contributed by atoms with Crippen molar-refractivity contribution in [2.75, 3.05) is 13.2 Å². The van der Waals surface area contributed by atoms with E-state index in [4.69, 9.17) is 10.5 Å². The fourth-order valence-corrected chi connectivity index (χ4v) is 2.23. The molecule has 1 aromatic carbocycles. The fourth-order valence-electron chi connectivity index (χ4n) is 2.23. The molecule has 1 heterocycles. The minimum absolute atomic E-state index is 0.0424. The molecule has 1 aromatic rings. The Morgan fingerprint density at radius 2 is 2.00 bits per heavy atom. The molecule has 0 radical (unpaired) electrons. The summed E-state index contributed by atoms with van der Waals surface area (Å²) in [6, 6.07) is 6.91. The van der Waals surface area contributed by atoms with Gasteiger partial charge in [0.1, 0.15) is 5.82 Å². The number of nitrogens with two attached hydrogens (primary N) is 1. The van der Waals surface area contributed by atoms with Crippen LogP contribution < -0.4 is 5.73 Å². The van der Waals surface area contributed by atoms with E-state index in [1.54, 1.807) is 6.07 Å². The number of hydrogen-bond acceptors (Lipinski definition) is 2. The lowest BCUT2D eigenvalue weighted by Crippen LogP contribution is -2.36. The molecule has 2 nitrogen and oxygen atoms in total. The molecule has 0 bridgehead atoms. The second-order valence-corrected chi connectivity index (χ2v) is 4.41. The molecule has 88 valence electrons. The Morgan fingerprint density at radius 3 is 2.69 bits per heavy atom. The van der Waals surface area contributed by atoms with Gasteiger partial charge in [0.15, 0.2) is 0 Å². The lowest BCUT2D eigenvalue weighted by molar-refractivity contribution is 0.0584. The van der Waals surface area contributed by atoms with Crippen molar-refractivity contribution in [1.29, 1.82) is 0 Å². The van der Waals surface area contributed by atoms with Gasteiger partial charge in [0.05, 0.1) is 0 Å². The largest absolute Gasteiger partial charge is 0.381 e. The number of hydrogen-bond donors (Lipinski definition) is 1.